The van der Waals surface area contributed by atoms with Gasteiger partial charge in [0.1, 0.15) is 10.8 Å². The second kappa shape index (κ2) is 4.58. The summed E-state index contributed by atoms with van der Waals surface area (Å²) in [6.07, 6.45) is 3.70. The molecule has 0 fully saturated rings. The molecule has 1 aliphatic carbocycles. The van der Waals surface area contributed by atoms with Crippen molar-refractivity contribution in [1.82, 2.24) is 4.98 Å². The summed E-state index contributed by atoms with van der Waals surface area (Å²) in [5.41, 5.74) is 9.65. The zero-order valence-electron chi connectivity index (χ0n) is 10.9. The van der Waals surface area contributed by atoms with Gasteiger partial charge in [-0.25, -0.2) is 4.98 Å². The molecule has 1 aromatic carbocycles. The highest BCUT2D eigenvalue weighted by atomic mass is 32.1. The lowest BCUT2D eigenvalue weighted by molar-refractivity contribution is 0.508. The summed E-state index contributed by atoms with van der Waals surface area (Å²) >= 11 is 1.73. The van der Waals surface area contributed by atoms with Crippen molar-refractivity contribution in [2.45, 2.75) is 18.9 Å². The van der Waals surface area contributed by atoms with Crippen LogP contribution in [-0.4, -0.2) is 4.98 Å². The summed E-state index contributed by atoms with van der Waals surface area (Å²) in [5.74, 6) is 1.04. The highest BCUT2D eigenvalue weighted by Crippen LogP contribution is 2.38. The van der Waals surface area contributed by atoms with Crippen LogP contribution in [0.15, 0.2) is 47.1 Å². The van der Waals surface area contributed by atoms with Gasteiger partial charge in [0, 0.05) is 16.9 Å². The Balaban J connectivity index is 1.76. The van der Waals surface area contributed by atoms with Gasteiger partial charge in [-0.3, -0.25) is 0 Å². The molecule has 1 aliphatic rings. The maximum atomic E-state index is 6.35. The van der Waals surface area contributed by atoms with Crippen LogP contribution in [0.3, 0.4) is 0 Å². The van der Waals surface area contributed by atoms with Gasteiger partial charge in [0.05, 0.1) is 18.0 Å². The molecule has 2 heterocycles. The van der Waals surface area contributed by atoms with Crippen LogP contribution in [0.4, 0.5) is 0 Å². The minimum absolute atomic E-state index is 0.151. The predicted molar refractivity (Wildman–Crippen MR) is 79.7 cm³/mol. The zero-order valence-corrected chi connectivity index (χ0v) is 11.7. The summed E-state index contributed by atoms with van der Waals surface area (Å²) in [4.78, 5) is 6.09. The van der Waals surface area contributed by atoms with Gasteiger partial charge in [-0.2, -0.15) is 0 Å². The fourth-order valence-corrected chi connectivity index (χ4v) is 3.77. The van der Waals surface area contributed by atoms with Crippen molar-refractivity contribution in [3.05, 3.63) is 63.9 Å². The first-order valence-electron chi connectivity index (χ1n) is 6.70. The Kier molecular flexibility index (Phi) is 2.72. The second-order valence-electron chi connectivity index (χ2n) is 4.97. The topological polar surface area (TPSA) is 52.0 Å². The van der Waals surface area contributed by atoms with Crippen molar-refractivity contribution in [3.8, 4) is 11.3 Å². The average molecular weight is 282 g/mol. The Bertz CT molecular complexity index is 745. The summed E-state index contributed by atoms with van der Waals surface area (Å²) in [6, 6.07) is 12.0. The number of aryl methyl sites for hydroxylation is 2. The van der Waals surface area contributed by atoms with Gasteiger partial charge in [0.25, 0.3) is 0 Å². The van der Waals surface area contributed by atoms with Gasteiger partial charge in [-0.05, 0) is 18.1 Å². The molecule has 0 radical (unpaired) electrons. The predicted octanol–water partition coefficient (Wildman–Crippen LogP) is 3.55. The van der Waals surface area contributed by atoms with Crippen molar-refractivity contribution in [2.24, 2.45) is 5.73 Å². The fraction of sp³-hybridized carbons (Fsp3) is 0.188. The van der Waals surface area contributed by atoms with Gasteiger partial charge in [0.15, 0.2) is 0 Å². The van der Waals surface area contributed by atoms with Crippen molar-refractivity contribution >= 4 is 11.3 Å². The van der Waals surface area contributed by atoms with Crippen molar-refractivity contribution in [1.29, 1.82) is 0 Å². The highest BCUT2D eigenvalue weighted by Gasteiger charge is 2.25. The molecule has 0 saturated heterocycles. The molecular formula is C16H14N2OS. The molecule has 0 bridgehead atoms. The Hall–Kier alpha value is -1.91. The van der Waals surface area contributed by atoms with E-state index in [-0.39, 0.29) is 6.04 Å². The molecule has 0 aliphatic heterocycles. The molecule has 1 unspecified atom stereocenters. The Labute approximate surface area is 121 Å². The van der Waals surface area contributed by atoms with Gasteiger partial charge >= 0.3 is 0 Å². The number of hydrogen-bond acceptors (Lipinski definition) is 4. The number of thiazole rings is 1. The number of benzene rings is 1. The quantitative estimate of drug-likeness (QED) is 0.782. The molecule has 3 nitrogen and oxygen atoms in total. The number of furan rings is 1. The van der Waals surface area contributed by atoms with Crippen LogP contribution in [0.1, 0.15) is 27.3 Å². The number of nitrogens with zero attached hydrogens (tertiary/aromatic N) is 1. The van der Waals surface area contributed by atoms with Gasteiger partial charge in [-0.1, -0.05) is 30.3 Å². The molecule has 0 spiro atoms. The number of hydrogen-bond donors (Lipinski definition) is 1. The van der Waals surface area contributed by atoms with Crippen molar-refractivity contribution < 1.29 is 4.42 Å². The van der Waals surface area contributed by atoms with Crippen LogP contribution in [-0.2, 0) is 12.8 Å². The third-order valence-electron chi connectivity index (χ3n) is 3.72. The van der Waals surface area contributed by atoms with E-state index in [1.165, 1.54) is 4.88 Å². The Morgan fingerprint density at radius 3 is 2.85 bits per heavy atom. The maximum absolute atomic E-state index is 6.35. The molecule has 2 aromatic heterocycles. The number of rotatable bonds is 2. The minimum Gasteiger partial charge on any atom is -0.469 e. The van der Waals surface area contributed by atoms with E-state index >= 15 is 0 Å². The second-order valence-corrected chi connectivity index (χ2v) is 6.08. The van der Waals surface area contributed by atoms with Crippen LogP contribution < -0.4 is 5.73 Å². The summed E-state index contributed by atoms with van der Waals surface area (Å²) in [7, 11) is 0. The van der Waals surface area contributed by atoms with Gasteiger partial charge < -0.3 is 10.2 Å². The van der Waals surface area contributed by atoms with E-state index in [2.05, 4.69) is 0 Å². The molecule has 1 atom stereocenters. The van der Waals surface area contributed by atoms with Crippen LogP contribution in [0.2, 0.25) is 0 Å². The highest BCUT2D eigenvalue weighted by molar-refractivity contribution is 7.12. The van der Waals surface area contributed by atoms with Gasteiger partial charge in [-0.15, -0.1) is 11.3 Å². The maximum Gasteiger partial charge on any atom is 0.115 e. The van der Waals surface area contributed by atoms with Crippen LogP contribution >= 0.6 is 11.3 Å². The van der Waals surface area contributed by atoms with Crippen LogP contribution in [0.5, 0.6) is 0 Å². The third-order valence-corrected chi connectivity index (χ3v) is 4.92. The molecule has 3 aromatic rings. The van der Waals surface area contributed by atoms with E-state index < -0.39 is 0 Å². The van der Waals surface area contributed by atoms with Crippen LogP contribution in [0.25, 0.3) is 11.3 Å². The normalized spacial score (nSPS) is 14.7. The molecule has 20 heavy (non-hydrogen) atoms. The Morgan fingerprint density at radius 1 is 1.15 bits per heavy atom. The zero-order chi connectivity index (χ0) is 13.5. The molecular weight excluding hydrogens is 268 g/mol. The molecule has 100 valence electrons. The number of aromatic nitrogens is 1. The number of nitrogens with two attached hydrogens (primary N) is 1. The SMILES string of the molecule is NC(c1ccccc1)c1nc2c(s1)CCc1occc1-2. The first kappa shape index (κ1) is 11.9. The van der Waals surface area contributed by atoms with Crippen LogP contribution in [0, 0.1) is 0 Å². The largest absolute Gasteiger partial charge is 0.469 e. The molecule has 0 saturated carbocycles. The molecule has 4 heteroatoms. The summed E-state index contributed by atoms with van der Waals surface area (Å²) in [6.45, 7) is 0. The summed E-state index contributed by atoms with van der Waals surface area (Å²) < 4.78 is 5.50. The first-order chi connectivity index (χ1) is 9.83. The van der Waals surface area contributed by atoms with Gasteiger partial charge in [0.2, 0.25) is 0 Å². The minimum atomic E-state index is -0.151. The van der Waals surface area contributed by atoms with E-state index in [1.54, 1.807) is 17.6 Å². The van der Waals surface area contributed by atoms with E-state index in [0.29, 0.717) is 0 Å². The monoisotopic (exact) mass is 282 g/mol. The van der Waals surface area contributed by atoms with E-state index in [9.17, 15) is 0 Å². The number of fused-ring (bicyclic) bond motifs is 3. The van der Waals surface area contributed by atoms with E-state index in [4.69, 9.17) is 15.1 Å². The summed E-state index contributed by atoms with van der Waals surface area (Å²) in [5, 5.41) is 0.982. The lowest BCUT2D eigenvalue weighted by Crippen LogP contribution is -2.11. The van der Waals surface area contributed by atoms with E-state index in [1.807, 2.05) is 36.4 Å². The van der Waals surface area contributed by atoms with E-state index in [0.717, 1.165) is 40.4 Å². The van der Waals surface area contributed by atoms with Crippen molar-refractivity contribution in [3.63, 3.8) is 0 Å². The molecule has 4 rings (SSSR count). The lowest BCUT2D eigenvalue weighted by atomic mass is 10.0. The Morgan fingerprint density at radius 2 is 2.00 bits per heavy atom. The smallest absolute Gasteiger partial charge is 0.115 e. The third kappa shape index (κ3) is 1.80. The molecule has 0 amide bonds. The average Bonchev–Trinajstić information content (AvgIpc) is 3.12. The lowest BCUT2D eigenvalue weighted by Gasteiger charge is -2.08. The standard InChI is InChI=1S/C16H14N2OS/c17-14(10-4-2-1-3-5-10)16-18-15-11-8-9-19-12(11)6-7-13(15)20-16/h1-5,8-9,14H,6-7,17H2. The molecule has 2 N–H and O–H groups in total. The van der Waals surface area contributed by atoms with Crippen molar-refractivity contribution in [2.75, 3.05) is 0 Å². The fourth-order valence-electron chi connectivity index (χ4n) is 2.66. The first-order valence-corrected chi connectivity index (χ1v) is 7.51.